The first-order valence-corrected chi connectivity index (χ1v) is 12.9. The number of amides is 1. The van der Waals surface area contributed by atoms with Crippen molar-refractivity contribution in [2.45, 2.75) is 78.4 Å². The molecular formula is C23H38ClF4N5O4S. The van der Waals surface area contributed by atoms with E-state index in [1.807, 2.05) is 34.6 Å². The number of likely N-dealkylation sites (N-methyl/N-ethyl adjacent to an activating group) is 1. The molecule has 0 aliphatic carbocycles. The molecule has 0 aromatic carbocycles. The monoisotopic (exact) mass is 591 g/mol. The zero-order valence-corrected chi connectivity index (χ0v) is 23.6. The summed E-state index contributed by atoms with van der Waals surface area (Å²) in [7, 11) is 1.67. The number of hydrogen-bond acceptors (Lipinski definition) is 8. The highest BCUT2D eigenvalue weighted by Crippen LogP contribution is 2.32. The summed E-state index contributed by atoms with van der Waals surface area (Å²) in [6, 6.07) is 0. The Morgan fingerprint density at radius 2 is 1.79 bits per heavy atom. The molecule has 0 saturated carbocycles. The fraction of sp³-hybridized carbons (Fsp3) is 0.652. The van der Waals surface area contributed by atoms with Crippen LogP contribution in [0.25, 0.3) is 10.9 Å². The quantitative estimate of drug-likeness (QED) is 0.181. The minimum atomic E-state index is -4.68. The van der Waals surface area contributed by atoms with Crippen LogP contribution < -0.4 is 16.0 Å². The van der Waals surface area contributed by atoms with E-state index in [-0.39, 0.29) is 18.7 Å². The maximum absolute atomic E-state index is 14.0. The Bertz CT molecular complexity index is 1080. The molecule has 2 rings (SSSR count). The highest BCUT2D eigenvalue weighted by molar-refractivity contribution is 7.98. The van der Waals surface area contributed by atoms with Crippen LogP contribution in [-0.2, 0) is 4.74 Å². The minimum Gasteiger partial charge on any atom is -0.464 e. The number of thioether (sulfide) groups is 1. The Hall–Kier alpha value is -2.32. The Morgan fingerprint density at radius 1 is 1.24 bits per heavy atom. The van der Waals surface area contributed by atoms with Crippen molar-refractivity contribution in [3.05, 3.63) is 21.3 Å². The number of nitrogens with two attached hydrogens (primary N) is 1. The van der Waals surface area contributed by atoms with Crippen molar-refractivity contribution in [2.75, 3.05) is 26.4 Å². The molecule has 15 heteroatoms. The summed E-state index contributed by atoms with van der Waals surface area (Å²) < 4.78 is 62.4. The van der Waals surface area contributed by atoms with Gasteiger partial charge in [-0.25, -0.2) is 14.2 Å². The number of nitrogens with one attached hydrogen (secondary N) is 1. The molecule has 0 fully saturated rings. The summed E-state index contributed by atoms with van der Waals surface area (Å²) in [6.07, 6.45) is -6.05. The fourth-order valence-electron chi connectivity index (χ4n) is 2.42. The van der Waals surface area contributed by atoms with Crippen molar-refractivity contribution >= 4 is 40.4 Å². The summed E-state index contributed by atoms with van der Waals surface area (Å²) in [5, 5.41) is -1.17. The number of carbonyl (C=O) groups is 1. The van der Waals surface area contributed by atoms with E-state index in [1.165, 1.54) is 11.8 Å². The van der Waals surface area contributed by atoms with Gasteiger partial charge in [0.05, 0.1) is 0 Å². The van der Waals surface area contributed by atoms with Crippen LogP contribution in [-0.4, -0.2) is 70.2 Å². The average Bonchev–Trinajstić information content (AvgIpc) is 2.80. The largest absolute Gasteiger partial charge is 0.464 e. The maximum Gasteiger partial charge on any atom is 0.425 e. The van der Waals surface area contributed by atoms with Gasteiger partial charge in [0.2, 0.25) is 5.88 Å². The second-order valence-electron chi connectivity index (χ2n) is 8.07. The standard InChI is InChI=1S/C12H10ClF4N3O2S.C8H18N2O2.C2H6.CH4/c1-3-4(12(15,16)17)22-10-5-7(6(14)8(13)19-10)18-11(23-2)20-9(5)21;1-8(2,3)12-7(11)10(4)6-5-9;1-2;/h4H,3H2,1-2H3,(H,18,20,21);5-6,9H2,1-4H3;1-2H3;1H4. The van der Waals surface area contributed by atoms with Gasteiger partial charge >= 0.3 is 12.3 Å². The number of H-pyrrole nitrogens is 1. The number of nitrogens with zero attached hydrogens (tertiary/aromatic N) is 3. The third-order valence-corrected chi connectivity index (χ3v) is 4.88. The van der Waals surface area contributed by atoms with Crippen LogP contribution in [0.1, 0.15) is 55.4 Å². The molecule has 3 N–H and O–H groups in total. The smallest absolute Gasteiger partial charge is 0.425 e. The molecule has 1 unspecified atom stereocenters. The van der Waals surface area contributed by atoms with Crippen molar-refractivity contribution in [3.8, 4) is 5.88 Å². The molecule has 0 radical (unpaired) electrons. The fourth-order valence-corrected chi connectivity index (χ4v) is 2.97. The molecule has 9 nitrogen and oxygen atoms in total. The van der Waals surface area contributed by atoms with Gasteiger partial charge in [-0.3, -0.25) is 4.79 Å². The van der Waals surface area contributed by atoms with Crippen LogP contribution in [0.3, 0.4) is 0 Å². The highest BCUT2D eigenvalue weighted by Gasteiger charge is 2.41. The minimum absolute atomic E-state index is 0. The van der Waals surface area contributed by atoms with Gasteiger partial charge < -0.3 is 25.1 Å². The molecule has 38 heavy (non-hydrogen) atoms. The topological polar surface area (TPSA) is 123 Å². The number of alkyl halides is 3. The third kappa shape index (κ3) is 11.6. The molecule has 2 aromatic rings. The molecule has 1 atom stereocenters. The molecule has 2 aromatic heterocycles. The number of halogens is 5. The summed E-state index contributed by atoms with van der Waals surface area (Å²) in [4.78, 5) is 34.2. The number of aromatic nitrogens is 3. The molecular weight excluding hydrogens is 554 g/mol. The lowest BCUT2D eigenvalue weighted by Crippen LogP contribution is -2.36. The highest BCUT2D eigenvalue weighted by atomic mass is 35.5. The van der Waals surface area contributed by atoms with Crippen molar-refractivity contribution in [3.63, 3.8) is 0 Å². The van der Waals surface area contributed by atoms with E-state index in [1.54, 1.807) is 13.3 Å². The van der Waals surface area contributed by atoms with E-state index >= 15 is 0 Å². The van der Waals surface area contributed by atoms with Crippen LogP contribution in [0.2, 0.25) is 5.15 Å². The molecule has 0 aliphatic rings. The number of carbonyl (C=O) groups excluding carboxylic acids is 1. The van der Waals surface area contributed by atoms with Crippen molar-refractivity contribution in [1.29, 1.82) is 0 Å². The molecule has 0 spiro atoms. The van der Waals surface area contributed by atoms with Gasteiger partial charge in [0, 0.05) is 20.1 Å². The van der Waals surface area contributed by atoms with Gasteiger partial charge in [-0.2, -0.15) is 18.2 Å². The lowest BCUT2D eigenvalue weighted by molar-refractivity contribution is -0.196. The van der Waals surface area contributed by atoms with Crippen LogP contribution in [0.4, 0.5) is 22.4 Å². The Kier molecular flexibility index (Phi) is 16.5. The maximum atomic E-state index is 14.0. The Morgan fingerprint density at radius 3 is 2.21 bits per heavy atom. The lowest BCUT2D eigenvalue weighted by atomic mass is 10.2. The van der Waals surface area contributed by atoms with Gasteiger partial charge in [-0.05, 0) is 33.4 Å². The van der Waals surface area contributed by atoms with Crippen molar-refractivity contribution in [1.82, 2.24) is 19.9 Å². The summed E-state index contributed by atoms with van der Waals surface area (Å²) in [5.74, 6) is -1.81. The molecule has 220 valence electrons. The van der Waals surface area contributed by atoms with Gasteiger partial charge in [-0.1, -0.05) is 51.6 Å². The van der Waals surface area contributed by atoms with Crippen LogP contribution in [0, 0.1) is 5.82 Å². The molecule has 0 aliphatic heterocycles. The number of hydrogen-bond donors (Lipinski definition) is 2. The third-order valence-electron chi connectivity index (χ3n) is 4.05. The first kappa shape index (κ1) is 37.8. The van der Waals surface area contributed by atoms with Gasteiger partial charge in [0.25, 0.3) is 5.56 Å². The summed E-state index contributed by atoms with van der Waals surface area (Å²) in [5.41, 5.74) is 3.49. The van der Waals surface area contributed by atoms with Crippen molar-refractivity contribution in [2.24, 2.45) is 5.73 Å². The van der Waals surface area contributed by atoms with E-state index in [9.17, 15) is 27.2 Å². The van der Waals surface area contributed by atoms with E-state index in [0.29, 0.717) is 13.1 Å². The molecule has 1 amide bonds. The average molecular weight is 592 g/mol. The van der Waals surface area contributed by atoms with E-state index in [2.05, 4.69) is 15.0 Å². The molecule has 0 bridgehead atoms. The zero-order valence-electron chi connectivity index (χ0n) is 22.0. The first-order valence-electron chi connectivity index (χ1n) is 11.3. The SMILES string of the molecule is C.CC.CCC(Oc1nc(Cl)c(F)c2nc(SC)[nH]c(=O)c12)C(F)(F)F.CN(CCN)C(=O)OC(C)(C)C. The molecule has 0 saturated heterocycles. The van der Waals surface area contributed by atoms with Crippen LogP contribution in [0.15, 0.2) is 9.95 Å². The normalized spacial score (nSPS) is 11.7. The van der Waals surface area contributed by atoms with Crippen LogP contribution in [0.5, 0.6) is 5.88 Å². The summed E-state index contributed by atoms with van der Waals surface area (Å²) >= 11 is 6.60. The number of fused-ring (bicyclic) bond motifs is 1. The predicted octanol–water partition coefficient (Wildman–Crippen LogP) is 6.03. The van der Waals surface area contributed by atoms with E-state index in [0.717, 1.165) is 11.8 Å². The van der Waals surface area contributed by atoms with E-state index in [4.69, 9.17) is 26.8 Å². The van der Waals surface area contributed by atoms with Gasteiger partial charge in [0.15, 0.2) is 22.2 Å². The second-order valence-corrected chi connectivity index (χ2v) is 9.22. The van der Waals surface area contributed by atoms with E-state index < -0.39 is 57.6 Å². The second kappa shape index (κ2) is 16.6. The zero-order chi connectivity index (χ0) is 29.1. The Labute approximate surface area is 229 Å². The number of rotatable bonds is 6. The number of pyridine rings is 1. The first-order chi connectivity index (χ1) is 17.0. The number of ether oxygens (including phenoxy) is 2. The summed E-state index contributed by atoms with van der Waals surface area (Å²) in [6.45, 7) is 11.7. The van der Waals surface area contributed by atoms with Gasteiger partial charge in [-0.15, -0.1) is 0 Å². The Balaban J connectivity index is 0. The lowest BCUT2D eigenvalue weighted by Gasteiger charge is -2.24. The van der Waals surface area contributed by atoms with Crippen LogP contribution >= 0.6 is 23.4 Å². The van der Waals surface area contributed by atoms with Gasteiger partial charge in [0.1, 0.15) is 16.5 Å². The number of aromatic amines is 1. The van der Waals surface area contributed by atoms with Crippen molar-refractivity contribution < 1.29 is 31.8 Å². The predicted molar refractivity (Wildman–Crippen MR) is 144 cm³/mol. The molecule has 2 heterocycles.